The largest absolute Gasteiger partial charge is 0.289 e. The van der Waals surface area contributed by atoms with Crippen molar-refractivity contribution in [1.82, 2.24) is 0 Å². The molecule has 2 aromatic carbocycles. The second kappa shape index (κ2) is 3.76. The van der Waals surface area contributed by atoms with Crippen LogP contribution in [0.5, 0.6) is 0 Å². The fraction of sp³-hybridized carbons (Fsp3) is 0. The Balaban J connectivity index is 2.35. The highest BCUT2D eigenvalue weighted by Crippen LogP contribution is 2.07. The lowest BCUT2D eigenvalue weighted by Gasteiger charge is -1.97. The molecule has 0 aliphatic carbocycles. The Morgan fingerprint density at radius 1 is 0.929 bits per heavy atom. The minimum atomic E-state index is 0.0239. The first-order valence-corrected chi connectivity index (χ1v) is 4.35. The summed E-state index contributed by atoms with van der Waals surface area (Å²) in [5, 5.41) is 0. The number of hydrogen-bond donors (Lipinski definition) is 0. The fourth-order valence-electron chi connectivity index (χ4n) is 1.24. The summed E-state index contributed by atoms with van der Waals surface area (Å²) in [6.07, 6.45) is 0. The van der Waals surface area contributed by atoms with E-state index < -0.39 is 0 Å². The Bertz CT molecular complexity index is 376. The van der Waals surface area contributed by atoms with Crippen LogP contribution in [0.4, 0.5) is 0 Å². The summed E-state index contributed by atoms with van der Waals surface area (Å²) in [7, 11) is 0. The molecule has 0 aliphatic rings. The van der Waals surface area contributed by atoms with Crippen LogP contribution in [0, 0.1) is 12.1 Å². The van der Waals surface area contributed by atoms with Crippen LogP contribution in [-0.2, 0) is 0 Å². The van der Waals surface area contributed by atoms with Gasteiger partial charge < -0.3 is 0 Å². The Labute approximate surface area is 83.0 Å². The minimum Gasteiger partial charge on any atom is -0.289 e. The van der Waals surface area contributed by atoms with E-state index in [0.717, 1.165) is 0 Å². The minimum absolute atomic E-state index is 0.0239. The fourth-order valence-corrected chi connectivity index (χ4v) is 1.24. The van der Waals surface area contributed by atoms with E-state index in [9.17, 15) is 4.79 Å². The molecule has 0 unspecified atom stereocenters. The summed E-state index contributed by atoms with van der Waals surface area (Å²) in [6, 6.07) is 19.8. The average molecular weight is 180 g/mol. The molecule has 0 heterocycles. The molecule has 14 heavy (non-hydrogen) atoms. The van der Waals surface area contributed by atoms with Crippen molar-refractivity contribution in [1.29, 1.82) is 0 Å². The first kappa shape index (κ1) is 8.52. The van der Waals surface area contributed by atoms with Gasteiger partial charge in [0.15, 0.2) is 5.78 Å². The second-order valence-corrected chi connectivity index (χ2v) is 2.92. The lowest BCUT2D eigenvalue weighted by atomic mass is 10.0. The van der Waals surface area contributed by atoms with Gasteiger partial charge in [0.2, 0.25) is 0 Å². The van der Waals surface area contributed by atoms with Gasteiger partial charge in [0, 0.05) is 11.1 Å². The van der Waals surface area contributed by atoms with E-state index in [-0.39, 0.29) is 5.78 Å². The Kier molecular flexibility index (Phi) is 2.29. The van der Waals surface area contributed by atoms with E-state index in [1.807, 2.05) is 18.2 Å². The quantitative estimate of drug-likeness (QED) is 0.649. The molecular formula is C13H8O. The summed E-state index contributed by atoms with van der Waals surface area (Å²) in [5.74, 6) is 0.0239. The van der Waals surface area contributed by atoms with E-state index in [2.05, 4.69) is 12.1 Å². The van der Waals surface area contributed by atoms with Crippen LogP contribution in [0.25, 0.3) is 0 Å². The van der Waals surface area contributed by atoms with E-state index in [1.54, 1.807) is 30.3 Å². The van der Waals surface area contributed by atoms with Crippen LogP contribution in [-0.4, -0.2) is 5.78 Å². The third-order valence-electron chi connectivity index (χ3n) is 1.96. The van der Waals surface area contributed by atoms with Crippen LogP contribution in [0.2, 0.25) is 0 Å². The van der Waals surface area contributed by atoms with Crippen LogP contribution >= 0.6 is 0 Å². The summed E-state index contributed by atoms with van der Waals surface area (Å²) in [4.78, 5) is 11.8. The summed E-state index contributed by atoms with van der Waals surface area (Å²) < 4.78 is 0. The van der Waals surface area contributed by atoms with Gasteiger partial charge >= 0.3 is 0 Å². The second-order valence-electron chi connectivity index (χ2n) is 2.92. The highest BCUT2D eigenvalue weighted by Gasteiger charge is 2.06. The molecule has 0 aromatic heterocycles. The van der Waals surface area contributed by atoms with E-state index >= 15 is 0 Å². The predicted molar refractivity (Wildman–Crippen MR) is 54.0 cm³/mol. The number of hydrogen-bond acceptors (Lipinski definition) is 1. The van der Waals surface area contributed by atoms with Gasteiger partial charge in [-0.3, -0.25) is 4.79 Å². The normalized spacial score (nSPS) is 9.14. The van der Waals surface area contributed by atoms with Crippen LogP contribution in [0.15, 0.2) is 48.5 Å². The van der Waals surface area contributed by atoms with Crippen molar-refractivity contribution in [2.75, 3.05) is 0 Å². The summed E-state index contributed by atoms with van der Waals surface area (Å²) in [5.41, 5.74) is 1.35. The van der Waals surface area contributed by atoms with Crippen molar-refractivity contribution in [3.8, 4) is 0 Å². The zero-order valence-electron chi connectivity index (χ0n) is 7.53. The van der Waals surface area contributed by atoms with E-state index in [4.69, 9.17) is 0 Å². The smallest absolute Gasteiger partial charge is 0.193 e. The molecule has 2 rings (SSSR count). The molecular weight excluding hydrogens is 172 g/mol. The lowest BCUT2D eigenvalue weighted by molar-refractivity contribution is 0.103. The van der Waals surface area contributed by atoms with Crippen molar-refractivity contribution in [3.05, 3.63) is 71.8 Å². The van der Waals surface area contributed by atoms with Crippen molar-refractivity contribution in [2.24, 2.45) is 0 Å². The summed E-state index contributed by atoms with van der Waals surface area (Å²) >= 11 is 0. The maximum atomic E-state index is 11.8. The Hall–Kier alpha value is -2.07. The van der Waals surface area contributed by atoms with Crippen molar-refractivity contribution >= 4 is 5.78 Å². The third-order valence-corrected chi connectivity index (χ3v) is 1.96. The molecule has 1 nitrogen and oxygen atoms in total. The van der Waals surface area contributed by atoms with Gasteiger partial charge in [-0.2, -0.15) is 0 Å². The first-order valence-electron chi connectivity index (χ1n) is 4.35. The first-order chi connectivity index (χ1) is 6.88. The number of carbonyl (C=O) groups excluding carboxylic acids is 1. The maximum absolute atomic E-state index is 11.8. The SMILES string of the molecule is O=C(c1cc#ccc1)c1ccccc1. The highest BCUT2D eigenvalue weighted by molar-refractivity contribution is 6.08. The van der Waals surface area contributed by atoms with E-state index in [0.29, 0.717) is 11.1 Å². The molecule has 0 aliphatic heterocycles. The average Bonchev–Trinajstić information content (AvgIpc) is 2.30. The van der Waals surface area contributed by atoms with Crippen molar-refractivity contribution in [2.45, 2.75) is 0 Å². The standard InChI is InChI=1S/C13H8O/c14-13(11-7-3-1-4-8-11)12-9-5-2-6-10-12/h1,3-5,7-10H. The number of ketones is 1. The molecule has 0 amide bonds. The van der Waals surface area contributed by atoms with Gasteiger partial charge in [0.25, 0.3) is 0 Å². The Morgan fingerprint density at radius 2 is 1.71 bits per heavy atom. The molecule has 2 aromatic rings. The molecule has 0 atom stereocenters. The van der Waals surface area contributed by atoms with Crippen LogP contribution in [0.1, 0.15) is 15.9 Å². The van der Waals surface area contributed by atoms with Gasteiger partial charge in [-0.25, -0.2) is 0 Å². The highest BCUT2D eigenvalue weighted by atomic mass is 16.1. The predicted octanol–water partition coefficient (Wildman–Crippen LogP) is 2.52. The number of carbonyl (C=O) groups is 1. The van der Waals surface area contributed by atoms with Crippen LogP contribution in [0.3, 0.4) is 0 Å². The van der Waals surface area contributed by atoms with Crippen LogP contribution < -0.4 is 0 Å². The summed E-state index contributed by atoms with van der Waals surface area (Å²) in [6.45, 7) is 0. The molecule has 0 bridgehead atoms. The third kappa shape index (κ3) is 1.65. The lowest BCUT2D eigenvalue weighted by Crippen LogP contribution is -1.99. The molecule has 0 saturated carbocycles. The number of benzene rings is 1. The molecule has 0 saturated heterocycles. The molecule has 0 radical (unpaired) electrons. The van der Waals surface area contributed by atoms with Gasteiger partial charge in [0.1, 0.15) is 0 Å². The van der Waals surface area contributed by atoms with Gasteiger partial charge in [-0.05, 0) is 18.2 Å². The Morgan fingerprint density at radius 3 is 2.36 bits per heavy atom. The molecule has 0 fully saturated rings. The van der Waals surface area contributed by atoms with Gasteiger partial charge in [0.05, 0.1) is 0 Å². The molecule has 0 spiro atoms. The monoisotopic (exact) mass is 180 g/mol. The molecule has 0 N–H and O–H groups in total. The zero-order valence-corrected chi connectivity index (χ0v) is 7.53. The van der Waals surface area contributed by atoms with Crippen molar-refractivity contribution < 1.29 is 4.79 Å². The number of rotatable bonds is 2. The van der Waals surface area contributed by atoms with E-state index in [1.165, 1.54) is 0 Å². The topological polar surface area (TPSA) is 17.1 Å². The van der Waals surface area contributed by atoms with Gasteiger partial charge in [-0.1, -0.05) is 42.5 Å². The van der Waals surface area contributed by atoms with Gasteiger partial charge in [-0.15, -0.1) is 0 Å². The molecule has 66 valence electrons. The zero-order chi connectivity index (χ0) is 9.80. The molecule has 1 heteroatoms. The van der Waals surface area contributed by atoms with Crippen molar-refractivity contribution in [3.63, 3.8) is 0 Å². The maximum Gasteiger partial charge on any atom is 0.193 e.